The summed E-state index contributed by atoms with van der Waals surface area (Å²) in [5, 5.41) is 13.3. The minimum atomic E-state index is -4.44. The number of hydrogen-bond donors (Lipinski definition) is 1. The summed E-state index contributed by atoms with van der Waals surface area (Å²) in [6.07, 6.45) is -2.87. The molecule has 0 amide bonds. The van der Waals surface area contributed by atoms with Gasteiger partial charge >= 0.3 is 6.18 Å². The van der Waals surface area contributed by atoms with E-state index in [2.05, 4.69) is 15.1 Å². The second-order valence-electron chi connectivity index (χ2n) is 4.70. The van der Waals surface area contributed by atoms with Crippen LogP contribution in [0.1, 0.15) is 17.0 Å². The summed E-state index contributed by atoms with van der Waals surface area (Å²) in [6.45, 7) is 1.42. The zero-order chi connectivity index (χ0) is 15.0. The van der Waals surface area contributed by atoms with Crippen LogP contribution in [0.15, 0.2) is 18.5 Å². The van der Waals surface area contributed by atoms with Gasteiger partial charge in [0.1, 0.15) is 0 Å². The van der Waals surface area contributed by atoms with E-state index in [0.717, 1.165) is 18.1 Å². The van der Waals surface area contributed by atoms with Crippen molar-refractivity contribution in [1.82, 2.24) is 19.7 Å². The molecule has 3 heterocycles. The highest BCUT2D eigenvalue weighted by Gasteiger charge is 2.31. The molecule has 1 N–H and O–H groups in total. The van der Waals surface area contributed by atoms with Crippen LogP contribution >= 0.6 is 0 Å². The molecule has 3 rings (SSSR count). The monoisotopic (exact) mass is 299 g/mol. The molecule has 0 atom stereocenters. The molecule has 112 valence electrons. The van der Waals surface area contributed by atoms with Gasteiger partial charge in [-0.05, 0) is 6.07 Å². The maximum atomic E-state index is 12.5. The maximum Gasteiger partial charge on any atom is 0.419 e. The highest BCUT2D eigenvalue weighted by Crippen LogP contribution is 2.28. The highest BCUT2D eigenvalue weighted by atomic mass is 19.4. The summed E-state index contributed by atoms with van der Waals surface area (Å²) >= 11 is 0. The van der Waals surface area contributed by atoms with Gasteiger partial charge in [-0.25, -0.2) is 9.97 Å². The van der Waals surface area contributed by atoms with Crippen molar-refractivity contribution in [2.45, 2.75) is 25.9 Å². The van der Waals surface area contributed by atoms with Crippen molar-refractivity contribution in [1.29, 1.82) is 0 Å². The summed E-state index contributed by atoms with van der Waals surface area (Å²) in [5.41, 5.74) is 0.574. The number of aromatic nitrogens is 4. The molecule has 0 bridgehead atoms. The molecular formula is C12H12F3N5O. The summed E-state index contributed by atoms with van der Waals surface area (Å²) in [7, 11) is 0. The lowest BCUT2D eigenvalue weighted by molar-refractivity contribution is -0.138. The molecule has 0 aliphatic carbocycles. The SMILES string of the molecule is OCc1cc2n(n1)CCN(c1ncc(C(F)(F)F)cn1)C2. The zero-order valence-electron chi connectivity index (χ0n) is 10.9. The van der Waals surface area contributed by atoms with Crippen LogP contribution in [-0.4, -0.2) is 31.4 Å². The van der Waals surface area contributed by atoms with Crippen molar-refractivity contribution < 1.29 is 18.3 Å². The predicted octanol–water partition coefficient (Wildman–Crippen LogP) is 1.20. The minimum Gasteiger partial charge on any atom is -0.390 e. The van der Waals surface area contributed by atoms with Crippen LogP contribution in [0.4, 0.5) is 19.1 Å². The molecule has 6 nitrogen and oxygen atoms in total. The minimum absolute atomic E-state index is 0.142. The number of anilines is 1. The van der Waals surface area contributed by atoms with E-state index in [1.54, 1.807) is 15.6 Å². The first-order valence-electron chi connectivity index (χ1n) is 6.28. The number of aliphatic hydroxyl groups is 1. The van der Waals surface area contributed by atoms with Crippen LogP contribution in [0.2, 0.25) is 0 Å². The Morgan fingerprint density at radius 1 is 1.19 bits per heavy atom. The van der Waals surface area contributed by atoms with Gasteiger partial charge in [-0.1, -0.05) is 0 Å². The van der Waals surface area contributed by atoms with Crippen molar-refractivity contribution in [3.63, 3.8) is 0 Å². The van der Waals surface area contributed by atoms with E-state index in [0.29, 0.717) is 25.3 Å². The third-order valence-electron chi connectivity index (χ3n) is 3.26. The van der Waals surface area contributed by atoms with Crippen LogP contribution in [0, 0.1) is 0 Å². The van der Waals surface area contributed by atoms with Gasteiger partial charge in [0.2, 0.25) is 5.95 Å². The molecule has 0 aromatic carbocycles. The first kappa shape index (κ1) is 13.8. The Labute approximate surface area is 117 Å². The summed E-state index contributed by atoms with van der Waals surface area (Å²) < 4.78 is 39.2. The standard InChI is InChI=1S/C12H12F3N5O/c13-12(14,15)8-4-16-11(17-5-8)19-1-2-20-10(6-19)3-9(7-21)18-20/h3-5,21H,1-2,6-7H2. The van der Waals surface area contributed by atoms with Gasteiger partial charge in [0.15, 0.2) is 0 Å². The Morgan fingerprint density at radius 3 is 2.52 bits per heavy atom. The van der Waals surface area contributed by atoms with Gasteiger partial charge in [0.25, 0.3) is 0 Å². The fourth-order valence-electron chi connectivity index (χ4n) is 2.20. The number of aliphatic hydroxyl groups excluding tert-OH is 1. The number of nitrogens with zero attached hydrogens (tertiary/aromatic N) is 5. The molecule has 0 saturated heterocycles. The van der Waals surface area contributed by atoms with Crippen LogP contribution in [0.5, 0.6) is 0 Å². The van der Waals surface area contributed by atoms with Crippen molar-refractivity contribution >= 4 is 5.95 Å². The fraction of sp³-hybridized carbons (Fsp3) is 0.417. The lowest BCUT2D eigenvalue weighted by Gasteiger charge is -2.27. The van der Waals surface area contributed by atoms with E-state index in [4.69, 9.17) is 5.11 Å². The predicted molar refractivity (Wildman–Crippen MR) is 66.2 cm³/mol. The molecule has 0 saturated carbocycles. The fourth-order valence-corrected chi connectivity index (χ4v) is 2.20. The normalized spacial score (nSPS) is 15.1. The Balaban J connectivity index is 1.79. The number of alkyl halides is 3. The molecular weight excluding hydrogens is 287 g/mol. The zero-order valence-corrected chi connectivity index (χ0v) is 10.9. The molecule has 0 unspecified atom stereocenters. The molecule has 2 aromatic heterocycles. The molecule has 21 heavy (non-hydrogen) atoms. The first-order chi connectivity index (χ1) is 9.97. The third kappa shape index (κ3) is 2.68. The topological polar surface area (TPSA) is 67.1 Å². The number of rotatable bonds is 2. The van der Waals surface area contributed by atoms with Crippen molar-refractivity contribution in [2.75, 3.05) is 11.4 Å². The second-order valence-corrected chi connectivity index (χ2v) is 4.70. The average molecular weight is 299 g/mol. The molecule has 1 aliphatic rings. The summed E-state index contributed by atoms with van der Waals surface area (Å²) in [6, 6.07) is 1.76. The molecule has 0 spiro atoms. The van der Waals surface area contributed by atoms with Crippen LogP contribution in [0.25, 0.3) is 0 Å². The highest BCUT2D eigenvalue weighted by molar-refractivity contribution is 5.33. The lowest BCUT2D eigenvalue weighted by Crippen LogP contribution is -2.35. The molecule has 1 aliphatic heterocycles. The van der Waals surface area contributed by atoms with E-state index >= 15 is 0 Å². The third-order valence-corrected chi connectivity index (χ3v) is 3.26. The summed E-state index contributed by atoms with van der Waals surface area (Å²) in [5.74, 6) is 0.251. The lowest BCUT2D eigenvalue weighted by atomic mass is 10.3. The summed E-state index contributed by atoms with van der Waals surface area (Å²) in [4.78, 5) is 9.35. The van der Waals surface area contributed by atoms with Crippen LogP contribution < -0.4 is 4.90 Å². The van der Waals surface area contributed by atoms with Gasteiger partial charge < -0.3 is 10.0 Å². The first-order valence-corrected chi connectivity index (χ1v) is 6.28. The van der Waals surface area contributed by atoms with Gasteiger partial charge in [-0.2, -0.15) is 18.3 Å². The van der Waals surface area contributed by atoms with Gasteiger partial charge in [-0.3, -0.25) is 4.68 Å². The molecule has 2 aromatic rings. The largest absolute Gasteiger partial charge is 0.419 e. The Kier molecular flexibility index (Phi) is 3.28. The quantitative estimate of drug-likeness (QED) is 0.902. The maximum absolute atomic E-state index is 12.5. The second kappa shape index (κ2) is 4.99. The average Bonchev–Trinajstić information content (AvgIpc) is 2.88. The van der Waals surface area contributed by atoms with Crippen molar-refractivity contribution in [3.05, 3.63) is 35.4 Å². The number of fused-ring (bicyclic) bond motifs is 1. The van der Waals surface area contributed by atoms with Gasteiger partial charge in [0.05, 0.1) is 36.6 Å². The smallest absolute Gasteiger partial charge is 0.390 e. The van der Waals surface area contributed by atoms with Gasteiger partial charge in [0, 0.05) is 18.9 Å². The number of hydrogen-bond acceptors (Lipinski definition) is 5. The van der Waals surface area contributed by atoms with E-state index in [9.17, 15) is 13.2 Å². The molecule has 0 radical (unpaired) electrons. The van der Waals surface area contributed by atoms with E-state index in [-0.39, 0.29) is 12.6 Å². The number of halogens is 3. The molecule has 0 fully saturated rings. The van der Waals surface area contributed by atoms with Crippen molar-refractivity contribution in [2.24, 2.45) is 0 Å². The Hall–Kier alpha value is -2.16. The van der Waals surface area contributed by atoms with E-state index < -0.39 is 11.7 Å². The van der Waals surface area contributed by atoms with Crippen LogP contribution in [-0.2, 0) is 25.9 Å². The van der Waals surface area contributed by atoms with E-state index in [1.807, 2.05) is 0 Å². The van der Waals surface area contributed by atoms with Gasteiger partial charge in [-0.15, -0.1) is 0 Å². The Morgan fingerprint density at radius 2 is 1.90 bits per heavy atom. The molecule has 9 heteroatoms. The van der Waals surface area contributed by atoms with Crippen molar-refractivity contribution in [3.8, 4) is 0 Å². The van der Waals surface area contributed by atoms with Crippen LogP contribution in [0.3, 0.4) is 0 Å². The van der Waals surface area contributed by atoms with E-state index in [1.165, 1.54) is 0 Å². The Bertz CT molecular complexity index is 637.